The summed E-state index contributed by atoms with van der Waals surface area (Å²) in [5.41, 5.74) is -0.263. The van der Waals surface area contributed by atoms with Gasteiger partial charge in [0.2, 0.25) is 11.1 Å². The van der Waals surface area contributed by atoms with Gasteiger partial charge in [-0.25, -0.2) is 8.78 Å². The van der Waals surface area contributed by atoms with E-state index in [1.165, 1.54) is 18.2 Å². The highest BCUT2D eigenvalue weighted by Crippen LogP contribution is 2.17. The van der Waals surface area contributed by atoms with Crippen LogP contribution in [0.3, 0.4) is 0 Å². The third kappa shape index (κ3) is 3.63. The zero-order valence-corrected chi connectivity index (χ0v) is 8.77. The number of halogens is 2. The zero-order chi connectivity index (χ0) is 12.1. The fourth-order valence-electron chi connectivity index (χ4n) is 0.919. The summed E-state index contributed by atoms with van der Waals surface area (Å²) in [6.07, 6.45) is -2.72. The smallest absolute Gasteiger partial charge is 0.258 e. The second-order valence-corrected chi connectivity index (χ2v) is 4.01. The van der Waals surface area contributed by atoms with Crippen LogP contribution in [0.4, 0.5) is 14.5 Å². The van der Waals surface area contributed by atoms with Gasteiger partial charge in [-0.3, -0.25) is 10.1 Å². The Hall–Kier alpha value is -1.41. The van der Waals surface area contributed by atoms with Gasteiger partial charge >= 0.3 is 0 Å². The molecule has 0 N–H and O–H groups in total. The molecule has 5 nitrogen and oxygen atoms in total. The maximum Gasteiger partial charge on any atom is 0.274 e. The van der Waals surface area contributed by atoms with Gasteiger partial charge in [0.05, 0.1) is 11.0 Å². The Morgan fingerprint density at radius 3 is 2.75 bits per heavy atom. The molecule has 1 unspecified atom stereocenters. The molecule has 8 heteroatoms. The molecule has 16 heavy (non-hydrogen) atoms. The maximum atomic E-state index is 11.8. The molecule has 0 aliphatic rings. The number of rotatable bonds is 5. The predicted octanol–water partition coefficient (Wildman–Crippen LogP) is 1.85. The van der Waals surface area contributed by atoms with E-state index in [1.807, 2.05) is 0 Å². The van der Waals surface area contributed by atoms with Crippen molar-refractivity contribution in [2.24, 2.45) is 0 Å². The average Bonchev–Trinajstić information content (AvgIpc) is 2.26. The molecule has 1 atom stereocenters. The van der Waals surface area contributed by atoms with E-state index in [0.29, 0.717) is 0 Å². The number of nitrogens with zero attached hydrogens (tertiary/aromatic N) is 1. The van der Waals surface area contributed by atoms with Crippen molar-refractivity contribution >= 4 is 16.8 Å². The molecule has 0 aliphatic carbocycles. The Kier molecular flexibility index (Phi) is 4.44. The first-order valence-corrected chi connectivity index (χ1v) is 5.31. The monoisotopic (exact) mass is 252 g/mol. The first-order chi connectivity index (χ1) is 7.50. The first kappa shape index (κ1) is 12.7. The fourth-order valence-corrected chi connectivity index (χ4v) is 1.76. The number of nitro benzene ring substituents is 1. The topological polar surface area (TPSA) is 69.4 Å². The van der Waals surface area contributed by atoms with Crippen molar-refractivity contribution in [1.82, 2.24) is 0 Å². The van der Waals surface area contributed by atoms with Crippen molar-refractivity contribution < 1.29 is 22.1 Å². The molecular weight excluding hydrogens is 244 g/mol. The van der Waals surface area contributed by atoms with E-state index < -0.39 is 29.0 Å². The molecule has 0 bridgehead atoms. The minimum atomic E-state index is -2.72. The van der Waals surface area contributed by atoms with E-state index in [4.69, 9.17) is 0 Å². The molecule has 1 rings (SSSR count). The Bertz CT molecular complexity index is 413. The van der Waals surface area contributed by atoms with Gasteiger partial charge in [-0.2, -0.15) is 4.18 Å². The van der Waals surface area contributed by atoms with Crippen LogP contribution < -0.4 is 0 Å². The highest BCUT2D eigenvalue weighted by atomic mass is 32.2. The number of alkyl halides is 2. The fraction of sp³-hybridized carbons (Fsp3) is 0.250. The Morgan fingerprint density at radius 2 is 2.19 bits per heavy atom. The number of non-ortho nitro benzene ring substituents is 1. The number of hydrogen-bond donors (Lipinski definition) is 0. The molecule has 0 radical (unpaired) electrons. The number of hydrogen-bond acceptors (Lipinski definition) is 4. The Balaban J connectivity index is 2.76. The minimum Gasteiger partial charge on any atom is -0.258 e. The van der Waals surface area contributed by atoms with Crippen molar-refractivity contribution in [2.75, 3.05) is 6.61 Å². The van der Waals surface area contributed by atoms with Gasteiger partial charge in [-0.1, -0.05) is 10.3 Å². The Morgan fingerprint density at radius 1 is 1.50 bits per heavy atom. The van der Waals surface area contributed by atoms with E-state index in [1.54, 1.807) is 0 Å². The third-order valence-electron chi connectivity index (χ3n) is 1.57. The summed E-state index contributed by atoms with van der Waals surface area (Å²) >= 11 is -2.48. The zero-order valence-electron chi connectivity index (χ0n) is 7.88. The molecule has 1 aromatic carbocycles. The van der Waals surface area contributed by atoms with Gasteiger partial charge in [-0.05, 0) is 6.07 Å². The van der Waals surface area contributed by atoms with Gasteiger partial charge < -0.3 is 0 Å². The molecule has 88 valence electrons. The summed E-state index contributed by atoms with van der Waals surface area (Å²) in [5.74, 6) is 0. The molecule has 1 aromatic rings. The lowest BCUT2D eigenvalue weighted by Crippen LogP contribution is -2.06. The summed E-state index contributed by atoms with van der Waals surface area (Å²) in [6.45, 7) is -0.960. The molecule has 0 saturated carbocycles. The lowest BCUT2D eigenvalue weighted by molar-refractivity contribution is -0.385. The van der Waals surface area contributed by atoms with Gasteiger partial charge in [0.1, 0.15) is 0 Å². The van der Waals surface area contributed by atoms with Crippen LogP contribution in [0.2, 0.25) is 0 Å². The molecule has 0 heterocycles. The van der Waals surface area contributed by atoms with Crippen LogP contribution in [-0.2, 0) is 19.5 Å². The van der Waals surface area contributed by atoms with E-state index in [0.717, 1.165) is 6.07 Å². The molecule has 0 amide bonds. The van der Waals surface area contributed by atoms with Crippen LogP contribution in [0.1, 0.15) is 0 Å². The van der Waals surface area contributed by atoms with Gasteiger partial charge in [0.15, 0.2) is 11.5 Å². The largest absolute Gasteiger partial charge is 0.274 e. The summed E-state index contributed by atoms with van der Waals surface area (Å²) < 4.78 is 39.2. The standard InChI is InChI=1S/C8H7F2NO4S/c9-8(10)5-15-16(14)7-3-1-2-6(4-7)11(12)13/h1-4,8H,5H2/p+1. The second kappa shape index (κ2) is 5.61. The summed E-state index contributed by atoms with van der Waals surface area (Å²) in [6, 6.07) is 4.87. The number of nitro groups is 1. The van der Waals surface area contributed by atoms with Crippen molar-refractivity contribution in [3.63, 3.8) is 0 Å². The van der Waals surface area contributed by atoms with Crippen LogP contribution >= 0.6 is 0 Å². The van der Waals surface area contributed by atoms with Crippen LogP contribution in [0, 0.1) is 10.1 Å². The molecule has 0 fully saturated rings. The lowest BCUT2D eigenvalue weighted by Gasteiger charge is -1.96. The lowest BCUT2D eigenvalue weighted by atomic mass is 10.3. The third-order valence-corrected chi connectivity index (χ3v) is 2.65. The second-order valence-electron chi connectivity index (χ2n) is 2.72. The summed E-state index contributed by atoms with van der Waals surface area (Å²) in [7, 11) is 0. The van der Waals surface area contributed by atoms with Crippen LogP contribution in [-0.4, -0.2) is 18.0 Å². The van der Waals surface area contributed by atoms with Crippen molar-refractivity contribution in [3.05, 3.63) is 34.4 Å². The van der Waals surface area contributed by atoms with Gasteiger partial charge in [0.25, 0.3) is 12.1 Å². The molecule has 0 aromatic heterocycles. The molecule has 0 aliphatic heterocycles. The predicted molar refractivity (Wildman–Crippen MR) is 52.8 cm³/mol. The van der Waals surface area contributed by atoms with Crippen molar-refractivity contribution in [2.45, 2.75) is 11.3 Å². The van der Waals surface area contributed by atoms with E-state index in [9.17, 15) is 23.1 Å². The minimum absolute atomic E-state index is 0.0184. The normalized spacial score (nSPS) is 12.7. The van der Waals surface area contributed by atoms with Crippen LogP contribution in [0.15, 0.2) is 29.2 Å². The van der Waals surface area contributed by atoms with Crippen molar-refractivity contribution in [3.8, 4) is 0 Å². The van der Waals surface area contributed by atoms with Crippen LogP contribution in [0.25, 0.3) is 0 Å². The maximum absolute atomic E-state index is 11.8. The first-order valence-electron chi connectivity index (χ1n) is 4.13. The quantitative estimate of drug-likeness (QED) is 0.347. The summed E-state index contributed by atoms with van der Waals surface area (Å²) in [5, 5.41) is 10.4. The van der Waals surface area contributed by atoms with Crippen molar-refractivity contribution in [1.29, 1.82) is 0 Å². The number of thiol groups is 1. The van der Waals surface area contributed by atoms with E-state index >= 15 is 0 Å². The highest BCUT2D eigenvalue weighted by Gasteiger charge is 2.18. The summed E-state index contributed by atoms with van der Waals surface area (Å²) in [4.78, 5) is 9.74. The van der Waals surface area contributed by atoms with E-state index in [2.05, 4.69) is 4.18 Å². The number of benzene rings is 1. The molecular formula is C8H8F2NO4S+. The highest BCUT2D eigenvalue weighted by molar-refractivity contribution is 7.80. The van der Waals surface area contributed by atoms with Gasteiger partial charge in [-0.15, -0.1) is 0 Å². The Labute approximate surface area is 91.8 Å². The van der Waals surface area contributed by atoms with E-state index in [-0.39, 0.29) is 10.6 Å². The average molecular weight is 252 g/mol. The molecule has 0 saturated heterocycles. The van der Waals surface area contributed by atoms with Gasteiger partial charge in [0, 0.05) is 6.07 Å². The van der Waals surface area contributed by atoms with Crippen LogP contribution in [0.5, 0.6) is 0 Å². The molecule has 0 spiro atoms. The SMILES string of the molecule is O=[N+]([O-])c1cccc([SH+](=O)OCC(F)F)c1.